The molecule has 1 atom stereocenters. The molecule has 0 radical (unpaired) electrons. The Kier molecular flexibility index (Phi) is 6.71. The van der Waals surface area contributed by atoms with Crippen LogP contribution in [0.2, 0.25) is 0 Å². The number of rotatable bonds is 3. The van der Waals surface area contributed by atoms with E-state index in [-0.39, 0.29) is 5.91 Å². The van der Waals surface area contributed by atoms with Crippen LogP contribution >= 0.6 is 11.3 Å². The average molecular weight is 411 g/mol. The van der Waals surface area contributed by atoms with E-state index in [9.17, 15) is 18.0 Å². The maximum Gasteiger partial charge on any atom is 0.490 e. The molecule has 148 valence electrons. The zero-order valence-electron chi connectivity index (χ0n) is 14.5. The van der Waals surface area contributed by atoms with E-state index in [1.54, 1.807) is 18.3 Å². The van der Waals surface area contributed by atoms with Crippen LogP contribution in [0.5, 0.6) is 0 Å². The van der Waals surface area contributed by atoms with E-state index < -0.39 is 18.2 Å². The highest BCUT2D eigenvalue weighted by molar-refractivity contribution is 7.21. The van der Waals surface area contributed by atoms with Gasteiger partial charge in [0.25, 0.3) is 0 Å². The molecule has 0 aliphatic heterocycles. The molecular formula is C18H16F3N3O3S. The van der Waals surface area contributed by atoms with Gasteiger partial charge in [0, 0.05) is 5.56 Å². The predicted octanol–water partition coefficient (Wildman–Crippen LogP) is 3.88. The highest BCUT2D eigenvalue weighted by Crippen LogP contribution is 2.34. The third-order valence-corrected chi connectivity index (χ3v) is 4.43. The lowest BCUT2D eigenvalue weighted by atomic mass is 10.1. The third kappa shape index (κ3) is 5.51. The van der Waals surface area contributed by atoms with Crippen LogP contribution in [0.3, 0.4) is 0 Å². The SMILES string of the molecule is C[C@H](N)C(=O)Nc1ccccc1-c1nc2ccccc2s1.O=C(O)C(F)(F)F. The summed E-state index contributed by atoms with van der Waals surface area (Å²) in [6, 6.07) is 15.1. The second-order valence-electron chi connectivity index (χ2n) is 5.61. The summed E-state index contributed by atoms with van der Waals surface area (Å²) in [6.07, 6.45) is -5.08. The number of hydrogen-bond acceptors (Lipinski definition) is 5. The van der Waals surface area contributed by atoms with Crippen molar-refractivity contribution in [1.82, 2.24) is 4.98 Å². The number of aromatic nitrogens is 1. The second kappa shape index (κ2) is 8.81. The van der Waals surface area contributed by atoms with Crippen molar-refractivity contribution < 1.29 is 27.9 Å². The summed E-state index contributed by atoms with van der Waals surface area (Å²) in [5, 5.41) is 10.9. The number of fused-ring (bicyclic) bond motifs is 1. The van der Waals surface area contributed by atoms with Crippen molar-refractivity contribution >= 4 is 39.1 Å². The van der Waals surface area contributed by atoms with Crippen LogP contribution in [-0.4, -0.2) is 34.2 Å². The van der Waals surface area contributed by atoms with Gasteiger partial charge in [0.1, 0.15) is 5.01 Å². The molecule has 0 spiro atoms. The van der Waals surface area contributed by atoms with E-state index in [0.29, 0.717) is 0 Å². The fourth-order valence-corrected chi connectivity index (χ4v) is 3.02. The number of para-hydroxylation sites is 2. The number of carbonyl (C=O) groups is 2. The maximum atomic E-state index is 11.8. The van der Waals surface area contributed by atoms with E-state index in [1.807, 2.05) is 48.5 Å². The highest BCUT2D eigenvalue weighted by Gasteiger charge is 2.38. The quantitative estimate of drug-likeness (QED) is 0.607. The van der Waals surface area contributed by atoms with Crippen LogP contribution in [0.15, 0.2) is 48.5 Å². The summed E-state index contributed by atoms with van der Waals surface area (Å²) in [5.74, 6) is -2.96. The minimum Gasteiger partial charge on any atom is -0.475 e. The minimum absolute atomic E-state index is 0.205. The van der Waals surface area contributed by atoms with E-state index >= 15 is 0 Å². The van der Waals surface area contributed by atoms with Crippen LogP contribution in [0.4, 0.5) is 18.9 Å². The summed E-state index contributed by atoms with van der Waals surface area (Å²) in [5.41, 5.74) is 8.22. The van der Waals surface area contributed by atoms with Gasteiger partial charge < -0.3 is 16.2 Å². The van der Waals surface area contributed by atoms with Crippen LogP contribution in [0.25, 0.3) is 20.8 Å². The van der Waals surface area contributed by atoms with Crippen LogP contribution in [0.1, 0.15) is 6.92 Å². The van der Waals surface area contributed by atoms with Gasteiger partial charge in [0.2, 0.25) is 5.91 Å². The fourth-order valence-electron chi connectivity index (χ4n) is 2.01. The van der Waals surface area contributed by atoms with Gasteiger partial charge in [-0.25, -0.2) is 9.78 Å². The molecule has 0 fully saturated rings. The summed E-state index contributed by atoms with van der Waals surface area (Å²) >= 11 is 1.61. The Morgan fingerprint density at radius 2 is 1.71 bits per heavy atom. The molecule has 0 aliphatic carbocycles. The van der Waals surface area contributed by atoms with Gasteiger partial charge in [-0.3, -0.25) is 4.79 Å². The van der Waals surface area contributed by atoms with Crippen molar-refractivity contribution in [3.63, 3.8) is 0 Å². The number of nitrogens with two attached hydrogens (primary N) is 1. The zero-order chi connectivity index (χ0) is 20.9. The first kappa shape index (κ1) is 21.3. The van der Waals surface area contributed by atoms with Gasteiger partial charge in [-0.2, -0.15) is 13.2 Å². The van der Waals surface area contributed by atoms with E-state index in [2.05, 4.69) is 10.3 Å². The Labute approximate surface area is 161 Å². The van der Waals surface area contributed by atoms with Crippen molar-refractivity contribution in [2.45, 2.75) is 19.1 Å². The number of anilines is 1. The number of nitrogens with zero attached hydrogens (tertiary/aromatic N) is 1. The highest BCUT2D eigenvalue weighted by atomic mass is 32.1. The normalized spacial score (nSPS) is 12.0. The summed E-state index contributed by atoms with van der Waals surface area (Å²) in [6.45, 7) is 1.66. The molecule has 1 aromatic heterocycles. The van der Waals surface area contributed by atoms with Gasteiger partial charge in [-0.1, -0.05) is 24.3 Å². The lowest BCUT2D eigenvalue weighted by molar-refractivity contribution is -0.192. The molecule has 1 amide bonds. The summed E-state index contributed by atoms with van der Waals surface area (Å²) < 4.78 is 32.9. The standard InChI is InChI=1S/C16H15N3OS.C2HF3O2/c1-10(17)15(20)18-12-7-3-2-6-11(12)16-19-13-8-4-5-9-14(13)21-16;3-2(4,5)1(6)7/h2-10H,17H2,1H3,(H,18,20);(H,6,7)/t10-;/m0./s1. The zero-order valence-corrected chi connectivity index (χ0v) is 15.3. The smallest absolute Gasteiger partial charge is 0.475 e. The van der Waals surface area contributed by atoms with E-state index in [1.165, 1.54) is 0 Å². The first-order valence-corrected chi connectivity index (χ1v) is 8.72. The Morgan fingerprint density at radius 1 is 1.14 bits per heavy atom. The number of carboxylic acids is 1. The minimum atomic E-state index is -5.08. The average Bonchev–Trinajstić information content (AvgIpc) is 3.05. The van der Waals surface area contributed by atoms with Crippen molar-refractivity contribution in [2.24, 2.45) is 5.73 Å². The van der Waals surface area contributed by atoms with Crippen molar-refractivity contribution in [1.29, 1.82) is 0 Å². The molecular weight excluding hydrogens is 395 g/mol. The first-order valence-electron chi connectivity index (χ1n) is 7.91. The number of carboxylic acid groups (broad SMARTS) is 1. The lowest BCUT2D eigenvalue weighted by Gasteiger charge is -2.10. The Balaban J connectivity index is 0.000000345. The molecule has 6 nitrogen and oxygen atoms in total. The molecule has 0 saturated carbocycles. The molecule has 28 heavy (non-hydrogen) atoms. The lowest BCUT2D eigenvalue weighted by Crippen LogP contribution is -2.32. The predicted molar refractivity (Wildman–Crippen MR) is 101 cm³/mol. The number of benzene rings is 2. The van der Waals surface area contributed by atoms with Gasteiger partial charge >= 0.3 is 12.1 Å². The Bertz CT molecular complexity index is 954. The van der Waals surface area contributed by atoms with E-state index in [0.717, 1.165) is 26.5 Å². The fraction of sp³-hybridized carbons (Fsp3) is 0.167. The number of aliphatic carboxylic acids is 1. The van der Waals surface area contributed by atoms with Gasteiger partial charge in [-0.05, 0) is 31.2 Å². The number of hydrogen-bond donors (Lipinski definition) is 3. The van der Waals surface area contributed by atoms with Gasteiger partial charge in [0.15, 0.2) is 0 Å². The second-order valence-corrected chi connectivity index (χ2v) is 6.64. The van der Waals surface area contributed by atoms with Crippen LogP contribution in [-0.2, 0) is 9.59 Å². The number of nitrogens with one attached hydrogen (secondary N) is 1. The number of amides is 1. The summed E-state index contributed by atoms with van der Waals surface area (Å²) in [7, 11) is 0. The largest absolute Gasteiger partial charge is 0.490 e. The van der Waals surface area contributed by atoms with Crippen molar-refractivity contribution in [2.75, 3.05) is 5.32 Å². The molecule has 0 unspecified atom stereocenters. The topological polar surface area (TPSA) is 105 Å². The van der Waals surface area contributed by atoms with Crippen LogP contribution < -0.4 is 11.1 Å². The molecule has 4 N–H and O–H groups in total. The third-order valence-electron chi connectivity index (χ3n) is 3.37. The van der Waals surface area contributed by atoms with Crippen molar-refractivity contribution in [3.05, 3.63) is 48.5 Å². The van der Waals surface area contributed by atoms with Gasteiger partial charge in [-0.15, -0.1) is 11.3 Å². The number of halogens is 3. The number of alkyl halides is 3. The molecule has 1 heterocycles. The van der Waals surface area contributed by atoms with E-state index in [4.69, 9.17) is 15.6 Å². The van der Waals surface area contributed by atoms with Crippen molar-refractivity contribution in [3.8, 4) is 10.6 Å². The Hall–Kier alpha value is -2.98. The molecule has 0 saturated heterocycles. The number of thiazole rings is 1. The van der Waals surface area contributed by atoms with Gasteiger partial charge in [0.05, 0.1) is 21.9 Å². The molecule has 2 aromatic carbocycles. The molecule has 0 bridgehead atoms. The number of carbonyl (C=O) groups excluding carboxylic acids is 1. The monoisotopic (exact) mass is 411 g/mol. The summed E-state index contributed by atoms with van der Waals surface area (Å²) in [4.78, 5) is 25.3. The molecule has 10 heteroatoms. The maximum absolute atomic E-state index is 11.8. The Morgan fingerprint density at radius 3 is 2.29 bits per heavy atom. The van der Waals surface area contributed by atoms with Crippen LogP contribution in [0, 0.1) is 0 Å². The first-order chi connectivity index (χ1) is 13.1. The molecule has 3 aromatic rings. The molecule has 0 aliphatic rings. The molecule has 3 rings (SSSR count).